The first-order valence-electron chi connectivity index (χ1n) is 9.95. The summed E-state index contributed by atoms with van der Waals surface area (Å²) >= 11 is 0. The summed E-state index contributed by atoms with van der Waals surface area (Å²) in [7, 11) is 5.15. The molecule has 3 bridgehead atoms. The maximum atomic E-state index is 12.7. The van der Waals surface area contributed by atoms with Crippen LogP contribution in [0.3, 0.4) is 0 Å². The van der Waals surface area contributed by atoms with Crippen molar-refractivity contribution in [3.63, 3.8) is 0 Å². The van der Waals surface area contributed by atoms with Gasteiger partial charge in [0.1, 0.15) is 6.10 Å². The molecule has 0 radical (unpaired) electrons. The van der Waals surface area contributed by atoms with Crippen LogP contribution in [0.15, 0.2) is 11.6 Å². The van der Waals surface area contributed by atoms with E-state index in [1.807, 2.05) is 6.92 Å². The number of carbonyl (C=O) groups excluding carboxylic acids is 1. The molecule has 0 saturated carbocycles. The van der Waals surface area contributed by atoms with Gasteiger partial charge in [-0.15, -0.1) is 0 Å². The first-order chi connectivity index (χ1) is 12.7. The molecule has 0 unspecified atom stereocenters. The lowest BCUT2D eigenvalue weighted by Crippen LogP contribution is -2.50. The van der Waals surface area contributed by atoms with Crippen molar-refractivity contribution in [3.8, 4) is 0 Å². The van der Waals surface area contributed by atoms with Gasteiger partial charge in [0.15, 0.2) is 0 Å². The fourth-order valence-corrected chi connectivity index (χ4v) is 9.67. The normalized spacial score (nSPS) is 46.4. The number of rotatable bonds is 0. The Morgan fingerprint density at radius 2 is 2.04 bits per heavy atom. The van der Waals surface area contributed by atoms with Crippen molar-refractivity contribution in [1.82, 2.24) is 0 Å². The highest BCUT2D eigenvalue weighted by atomic mass is 33.5. The molecule has 7 heteroatoms. The average Bonchev–Trinajstić information content (AvgIpc) is 2.69. The number of fused-ring (bicyclic) bond motifs is 3. The molecule has 4 nitrogen and oxygen atoms in total. The van der Waals surface area contributed by atoms with Crippen molar-refractivity contribution < 1.29 is 19.7 Å². The Bertz CT molecular complexity index is 580. The van der Waals surface area contributed by atoms with Crippen LogP contribution < -0.4 is 0 Å². The minimum Gasteiger partial charge on any atom is -0.459 e. The third-order valence-electron chi connectivity index (χ3n) is 6.53. The second-order valence-corrected chi connectivity index (χ2v) is 13.5. The van der Waals surface area contributed by atoms with E-state index in [4.69, 9.17) is 4.74 Å². The molecule has 0 spiro atoms. The second-order valence-electron chi connectivity index (χ2n) is 8.82. The van der Waals surface area contributed by atoms with E-state index in [1.165, 1.54) is 5.57 Å². The third-order valence-corrected chi connectivity index (χ3v) is 11.6. The van der Waals surface area contributed by atoms with Gasteiger partial charge in [-0.05, 0) is 81.5 Å². The molecule has 0 aromatic carbocycles. The molecule has 0 aromatic heterocycles. The van der Waals surface area contributed by atoms with Gasteiger partial charge in [0.05, 0.1) is 22.4 Å². The SMILES string of the molecule is C/C1=C\CC[C@](C)(O)[C@H]2C[C@H]3CC[C@@](C)(SSSC[C@@H]3C(=O)O2)[C@@H](O)CC1. The Labute approximate surface area is 174 Å². The highest BCUT2D eigenvalue weighted by Gasteiger charge is 2.47. The molecule has 2 N–H and O–H groups in total. The number of carbonyl (C=O) groups is 1. The summed E-state index contributed by atoms with van der Waals surface area (Å²) in [5.41, 5.74) is 0.249. The molecule has 0 aromatic rings. The fraction of sp³-hybridized carbons (Fsp3) is 0.850. The predicted octanol–water partition coefficient (Wildman–Crippen LogP) is 4.75. The summed E-state index contributed by atoms with van der Waals surface area (Å²) in [6, 6.07) is 0. The number of esters is 1. The summed E-state index contributed by atoms with van der Waals surface area (Å²) < 4.78 is 5.51. The van der Waals surface area contributed by atoms with Gasteiger partial charge in [-0.3, -0.25) is 4.79 Å². The van der Waals surface area contributed by atoms with E-state index in [1.54, 1.807) is 31.4 Å². The van der Waals surface area contributed by atoms with Crippen LogP contribution in [0.1, 0.15) is 65.7 Å². The first kappa shape index (κ1) is 21.9. The van der Waals surface area contributed by atoms with Crippen molar-refractivity contribution in [2.24, 2.45) is 11.8 Å². The van der Waals surface area contributed by atoms with E-state index in [2.05, 4.69) is 19.9 Å². The molecule has 2 heterocycles. The molecular weight excluding hydrogens is 400 g/mol. The Morgan fingerprint density at radius 3 is 2.81 bits per heavy atom. The molecule has 27 heavy (non-hydrogen) atoms. The molecule has 0 amide bonds. The summed E-state index contributed by atoms with van der Waals surface area (Å²) in [6.45, 7) is 6.07. The molecule has 2 fully saturated rings. The Kier molecular flexibility index (Phi) is 7.21. The Hall–Kier alpha value is 0.180. The van der Waals surface area contributed by atoms with Crippen LogP contribution >= 0.6 is 31.4 Å². The van der Waals surface area contributed by atoms with Crippen molar-refractivity contribution in [1.29, 1.82) is 0 Å². The fourth-order valence-electron chi connectivity index (χ4n) is 4.29. The summed E-state index contributed by atoms with van der Waals surface area (Å²) in [5.74, 6) is 0.687. The molecule has 154 valence electrons. The standard InChI is InChI=1S/C20H32O4S3/c1-13-5-4-9-19(2,23)17-11-14-8-10-20(3,16(21)7-6-13)26-27-25-12-15(14)18(22)24-17/h5,14-17,21,23H,4,6-12H2,1-3H3/b13-5+/t14-,15+,16+,17-,19+,20-/m1/s1. The number of aliphatic hydroxyl groups excluding tert-OH is 1. The molecule has 3 rings (SSSR count). The first-order valence-corrected chi connectivity index (χ1v) is 13.6. The van der Waals surface area contributed by atoms with Gasteiger partial charge in [-0.1, -0.05) is 33.2 Å². The molecule has 3 aliphatic rings. The molecular formula is C20H32O4S3. The smallest absolute Gasteiger partial charge is 0.310 e. The van der Waals surface area contributed by atoms with E-state index >= 15 is 0 Å². The van der Waals surface area contributed by atoms with Crippen LogP contribution in [0, 0.1) is 11.8 Å². The van der Waals surface area contributed by atoms with Crippen molar-refractivity contribution in [2.45, 2.75) is 88.3 Å². The van der Waals surface area contributed by atoms with Gasteiger partial charge in [0, 0.05) is 5.75 Å². The topological polar surface area (TPSA) is 66.8 Å². The van der Waals surface area contributed by atoms with E-state index < -0.39 is 11.7 Å². The zero-order chi connectivity index (χ0) is 19.7. The lowest BCUT2D eigenvalue weighted by molar-refractivity contribution is -0.184. The predicted molar refractivity (Wildman–Crippen MR) is 116 cm³/mol. The third kappa shape index (κ3) is 5.21. The quantitative estimate of drug-likeness (QED) is 0.325. The molecule has 2 aliphatic heterocycles. The monoisotopic (exact) mass is 432 g/mol. The lowest BCUT2D eigenvalue weighted by atomic mass is 9.76. The van der Waals surface area contributed by atoms with Gasteiger partial charge in [0.25, 0.3) is 0 Å². The highest BCUT2D eigenvalue weighted by molar-refractivity contribution is 9.09. The number of aliphatic hydroxyl groups is 2. The van der Waals surface area contributed by atoms with E-state index in [0.29, 0.717) is 12.8 Å². The van der Waals surface area contributed by atoms with Gasteiger partial charge in [-0.2, -0.15) is 0 Å². The van der Waals surface area contributed by atoms with Crippen LogP contribution in [0.25, 0.3) is 0 Å². The van der Waals surface area contributed by atoms with Gasteiger partial charge < -0.3 is 14.9 Å². The van der Waals surface area contributed by atoms with Crippen LogP contribution in [-0.2, 0) is 9.53 Å². The molecule has 6 atom stereocenters. The summed E-state index contributed by atoms with van der Waals surface area (Å²) in [4.78, 5) is 12.7. The number of hydrogen-bond donors (Lipinski definition) is 2. The zero-order valence-electron chi connectivity index (χ0n) is 16.5. The van der Waals surface area contributed by atoms with Gasteiger partial charge in [0.2, 0.25) is 0 Å². The largest absolute Gasteiger partial charge is 0.459 e. The van der Waals surface area contributed by atoms with Crippen LogP contribution in [-0.4, -0.2) is 44.5 Å². The maximum Gasteiger partial charge on any atom is 0.310 e. The summed E-state index contributed by atoms with van der Waals surface area (Å²) in [5, 5.41) is 22.0. The Balaban J connectivity index is 1.91. The van der Waals surface area contributed by atoms with E-state index in [-0.39, 0.29) is 28.7 Å². The minimum absolute atomic E-state index is 0.107. The Morgan fingerprint density at radius 1 is 1.26 bits per heavy atom. The summed E-state index contributed by atoms with van der Waals surface area (Å²) in [6.07, 6.45) is 6.81. The number of hydrogen-bond acceptors (Lipinski definition) is 7. The second kappa shape index (κ2) is 8.90. The lowest BCUT2D eigenvalue weighted by Gasteiger charge is -2.42. The maximum absolute atomic E-state index is 12.7. The van der Waals surface area contributed by atoms with Crippen LogP contribution in [0.5, 0.6) is 0 Å². The molecule has 2 saturated heterocycles. The number of allylic oxidation sites excluding steroid dienone is 2. The van der Waals surface area contributed by atoms with Gasteiger partial charge >= 0.3 is 5.97 Å². The average molecular weight is 433 g/mol. The molecule has 1 aliphatic carbocycles. The van der Waals surface area contributed by atoms with Crippen molar-refractivity contribution in [3.05, 3.63) is 11.6 Å². The van der Waals surface area contributed by atoms with Crippen LogP contribution in [0.4, 0.5) is 0 Å². The highest BCUT2D eigenvalue weighted by Crippen LogP contribution is 2.52. The van der Waals surface area contributed by atoms with E-state index in [0.717, 1.165) is 37.9 Å². The van der Waals surface area contributed by atoms with Crippen LogP contribution in [0.2, 0.25) is 0 Å². The zero-order valence-corrected chi connectivity index (χ0v) is 18.9. The number of ether oxygens (including phenoxy) is 1. The van der Waals surface area contributed by atoms with Crippen molar-refractivity contribution >= 4 is 37.4 Å². The van der Waals surface area contributed by atoms with Crippen molar-refractivity contribution in [2.75, 3.05) is 5.75 Å². The van der Waals surface area contributed by atoms with Gasteiger partial charge in [-0.25, -0.2) is 0 Å². The minimum atomic E-state index is -1.00. The van der Waals surface area contributed by atoms with E-state index in [9.17, 15) is 15.0 Å².